The van der Waals surface area contributed by atoms with E-state index in [0.717, 1.165) is 12.7 Å². The molecule has 1 fully saturated rings. The van der Waals surface area contributed by atoms with Crippen LogP contribution >= 0.6 is 0 Å². The molecule has 0 saturated carbocycles. The summed E-state index contributed by atoms with van der Waals surface area (Å²) in [5, 5.41) is 0. The van der Waals surface area contributed by atoms with E-state index in [1.54, 1.807) is 0 Å². The second-order valence-corrected chi connectivity index (χ2v) is 1.53. The van der Waals surface area contributed by atoms with Crippen molar-refractivity contribution in [2.45, 2.75) is 26.6 Å². The first kappa shape index (κ1) is 5.06. The van der Waals surface area contributed by atoms with Gasteiger partial charge in [0.1, 0.15) is 0 Å². The molecule has 0 aliphatic carbocycles. The second kappa shape index (κ2) is 1.80. The van der Waals surface area contributed by atoms with Crippen LogP contribution < -0.4 is 0 Å². The Balaban J connectivity index is 2.06. The van der Waals surface area contributed by atoms with Gasteiger partial charge in [0, 0.05) is 6.42 Å². The lowest BCUT2D eigenvalue weighted by Crippen LogP contribution is -2.30. The fourth-order valence-electron chi connectivity index (χ4n) is 0.546. The molecule has 1 saturated heterocycles. The molecule has 2 nitrogen and oxygen atoms in total. The highest BCUT2D eigenvalue weighted by Crippen LogP contribution is 2.24. The summed E-state index contributed by atoms with van der Waals surface area (Å²) in [4.78, 5) is 0. The van der Waals surface area contributed by atoms with Gasteiger partial charge >= 0.3 is 0 Å². The zero-order valence-corrected chi connectivity index (χ0v) is 4.60. The van der Waals surface area contributed by atoms with Crippen molar-refractivity contribution < 1.29 is 9.47 Å². The van der Waals surface area contributed by atoms with Crippen LogP contribution in [0.25, 0.3) is 0 Å². The van der Waals surface area contributed by atoms with Gasteiger partial charge in [-0.2, -0.15) is 0 Å². The largest absolute Gasteiger partial charge is 0.316 e. The van der Waals surface area contributed by atoms with Gasteiger partial charge < -0.3 is 9.47 Å². The van der Waals surface area contributed by atoms with E-state index in [9.17, 15) is 0 Å². The van der Waals surface area contributed by atoms with Crippen molar-refractivity contribution in [1.29, 1.82) is 0 Å². The summed E-state index contributed by atoms with van der Waals surface area (Å²) in [5.74, 6) is 0. The first-order valence-corrected chi connectivity index (χ1v) is 2.52. The van der Waals surface area contributed by atoms with Crippen molar-refractivity contribution in [2.75, 3.05) is 0 Å². The molecular formula is C5H9O2. The molecule has 1 rings (SSSR count). The third kappa shape index (κ3) is 0.924. The van der Waals surface area contributed by atoms with E-state index in [1.165, 1.54) is 0 Å². The lowest BCUT2D eigenvalue weighted by molar-refractivity contribution is -0.299. The molecule has 0 spiro atoms. The number of rotatable bonds is 1. The molecule has 0 amide bonds. The van der Waals surface area contributed by atoms with Crippen LogP contribution in [0.15, 0.2) is 0 Å². The zero-order valence-electron chi connectivity index (χ0n) is 4.60. The topological polar surface area (TPSA) is 18.5 Å². The Morgan fingerprint density at radius 1 is 1.57 bits per heavy atom. The lowest BCUT2D eigenvalue weighted by atomic mass is 10.4. The highest BCUT2D eigenvalue weighted by molar-refractivity contribution is 4.70. The summed E-state index contributed by atoms with van der Waals surface area (Å²) in [5.41, 5.74) is 0. The average Bonchev–Trinajstić information content (AvgIpc) is 1.58. The first-order valence-electron chi connectivity index (χ1n) is 2.52. The van der Waals surface area contributed by atoms with Gasteiger partial charge in [-0.1, -0.05) is 6.92 Å². The van der Waals surface area contributed by atoms with E-state index >= 15 is 0 Å². The second-order valence-electron chi connectivity index (χ2n) is 1.53. The van der Waals surface area contributed by atoms with E-state index < -0.39 is 0 Å². The maximum Gasteiger partial charge on any atom is 0.228 e. The Bertz CT molecular complexity index is 57.1. The fraction of sp³-hybridized carbons (Fsp3) is 0.800. The summed E-state index contributed by atoms with van der Waals surface area (Å²) < 4.78 is 9.97. The van der Waals surface area contributed by atoms with Crippen molar-refractivity contribution in [3.8, 4) is 0 Å². The van der Waals surface area contributed by atoms with Gasteiger partial charge in [-0.15, -0.1) is 0 Å². The van der Waals surface area contributed by atoms with Crippen molar-refractivity contribution in [3.63, 3.8) is 0 Å². The molecule has 0 atom stereocenters. The molecule has 41 valence electrons. The monoisotopic (exact) mass is 101 g/mol. The maximum absolute atomic E-state index is 4.98. The molecule has 0 N–H and O–H groups in total. The Hall–Kier alpha value is -0.0800. The molecule has 0 aromatic heterocycles. The van der Waals surface area contributed by atoms with Gasteiger partial charge in [0.25, 0.3) is 0 Å². The van der Waals surface area contributed by atoms with E-state index in [4.69, 9.17) is 9.47 Å². The van der Waals surface area contributed by atoms with Crippen molar-refractivity contribution >= 4 is 0 Å². The van der Waals surface area contributed by atoms with Crippen molar-refractivity contribution in [1.82, 2.24) is 0 Å². The summed E-state index contributed by atoms with van der Waals surface area (Å²) in [7, 11) is 0. The van der Waals surface area contributed by atoms with Gasteiger partial charge in [0.15, 0.2) is 6.29 Å². The van der Waals surface area contributed by atoms with Gasteiger partial charge in [-0.25, -0.2) is 0 Å². The molecule has 0 unspecified atom stereocenters. The highest BCUT2D eigenvalue weighted by Gasteiger charge is 2.26. The normalized spacial score (nSPS) is 24.9. The predicted molar refractivity (Wildman–Crippen MR) is 25.2 cm³/mol. The SMILES string of the molecule is CC[C]1OC(C)O1. The predicted octanol–water partition coefficient (Wildman–Crippen LogP) is 1.28. The van der Waals surface area contributed by atoms with Crippen LogP contribution in [-0.4, -0.2) is 6.29 Å². The van der Waals surface area contributed by atoms with Gasteiger partial charge in [-0.3, -0.25) is 0 Å². The van der Waals surface area contributed by atoms with Crippen LogP contribution in [0.1, 0.15) is 20.3 Å². The smallest absolute Gasteiger partial charge is 0.228 e. The maximum atomic E-state index is 4.98. The molecule has 1 heterocycles. The number of hydrogen-bond acceptors (Lipinski definition) is 2. The van der Waals surface area contributed by atoms with Crippen LogP contribution in [0.3, 0.4) is 0 Å². The van der Waals surface area contributed by atoms with Crippen LogP contribution in [0.4, 0.5) is 0 Å². The Kier molecular flexibility index (Phi) is 1.30. The summed E-state index contributed by atoms with van der Waals surface area (Å²) in [6, 6.07) is 0. The van der Waals surface area contributed by atoms with E-state index in [1.807, 2.05) is 13.8 Å². The van der Waals surface area contributed by atoms with Crippen molar-refractivity contribution in [2.24, 2.45) is 0 Å². The standard InChI is InChI=1S/C5H9O2/c1-3-5-6-4(2)7-5/h4H,3H2,1-2H3. The minimum Gasteiger partial charge on any atom is -0.316 e. The first-order chi connectivity index (χ1) is 3.33. The molecule has 1 radical (unpaired) electrons. The fourth-order valence-corrected chi connectivity index (χ4v) is 0.546. The molecule has 1 aliphatic heterocycles. The van der Waals surface area contributed by atoms with Crippen molar-refractivity contribution in [3.05, 3.63) is 6.29 Å². The molecule has 0 bridgehead atoms. The average molecular weight is 101 g/mol. The van der Waals surface area contributed by atoms with Crippen LogP contribution in [-0.2, 0) is 9.47 Å². The zero-order chi connectivity index (χ0) is 5.28. The van der Waals surface area contributed by atoms with Crippen LogP contribution in [0.5, 0.6) is 0 Å². The van der Waals surface area contributed by atoms with Crippen LogP contribution in [0.2, 0.25) is 0 Å². The molecule has 7 heavy (non-hydrogen) atoms. The quantitative estimate of drug-likeness (QED) is 0.495. The number of ether oxygens (including phenoxy) is 2. The minimum atomic E-state index is 0.00921. The molecule has 2 heteroatoms. The third-order valence-corrected chi connectivity index (χ3v) is 0.883. The van der Waals surface area contributed by atoms with Gasteiger partial charge in [0.2, 0.25) is 6.29 Å². The Labute approximate surface area is 43.4 Å². The molecular weight excluding hydrogens is 92.1 g/mol. The number of hydrogen-bond donors (Lipinski definition) is 0. The van der Waals surface area contributed by atoms with Gasteiger partial charge in [0.05, 0.1) is 0 Å². The molecule has 0 aromatic rings. The lowest BCUT2D eigenvalue weighted by Gasteiger charge is -2.30. The van der Waals surface area contributed by atoms with E-state index in [0.29, 0.717) is 0 Å². The molecule has 1 aliphatic rings. The third-order valence-electron chi connectivity index (χ3n) is 0.883. The summed E-state index contributed by atoms with van der Waals surface area (Å²) in [6.45, 7) is 3.88. The highest BCUT2D eigenvalue weighted by atomic mass is 16.9. The Morgan fingerprint density at radius 3 is 2.29 bits per heavy atom. The summed E-state index contributed by atoms with van der Waals surface area (Å²) >= 11 is 0. The molecule has 0 aromatic carbocycles. The van der Waals surface area contributed by atoms with E-state index in [2.05, 4.69) is 0 Å². The Morgan fingerprint density at radius 2 is 2.14 bits per heavy atom. The summed E-state index contributed by atoms with van der Waals surface area (Å²) in [6.07, 6.45) is 1.66. The van der Waals surface area contributed by atoms with Gasteiger partial charge in [-0.05, 0) is 6.92 Å². The van der Waals surface area contributed by atoms with E-state index in [-0.39, 0.29) is 6.29 Å². The van der Waals surface area contributed by atoms with Crippen LogP contribution in [0, 0.1) is 6.29 Å². The minimum absolute atomic E-state index is 0.00921.